The number of nitrogens with two attached hydrogens (primary N) is 1. The van der Waals surface area contributed by atoms with E-state index in [2.05, 4.69) is 17.0 Å². The Hall–Kier alpha value is -0.550. The molecule has 0 unspecified atom stereocenters. The van der Waals surface area contributed by atoms with Gasteiger partial charge >= 0.3 is 5.97 Å². The number of ether oxygens (including phenoxy) is 1. The van der Waals surface area contributed by atoms with E-state index < -0.39 is 0 Å². The number of rotatable bonds is 3. The van der Waals surface area contributed by atoms with Crippen LogP contribution in [0.2, 0.25) is 0 Å². The zero-order chi connectivity index (χ0) is 8.69. The summed E-state index contributed by atoms with van der Waals surface area (Å²) in [7, 11) is 0. The smallest absolute Gasteiger partial charge is 0.331 e. The summed E-state index contributed by atoms with van der Waals surface area (Å²) in [6.45, 7) is 2.12. The summed E-state index contributed by atoms with van der Waals surface area (Å²) in [5, 5.41) is 1.50. The minimum Gasteiger partial charge on any atom is -0.463 e. The molecule has 0 fully saturated rings. The Morgan fingerprint density at radius 1 is 1.82 bits per heavy atom. The first kappa shape index (κ1) is 10.4. The highest BCUT2D eigenvalue weighted by atomic mass is 32.2. The molecule has 3 nitrogen and oxygen atoms in total. The van der Waals surface area contributed by atoms with Gasteiger partial charge in [0, 0.05) is 6.08 Å². The number of hydrogen-bond donors (Lipinski definition) is 1. The summed E-state index contributed by atoms with van der Waals surface area (Å²) in [5.41, 5.74) is 5.14. The predicted octanol–water partition coefficient (Wildman–Crippen LogP) is 1.04. The summed E-state index contributed by atoms with van der Waals surface area (Å²) in [4.78, 5) is 10.6. The van der Waals surface area contributed by atoms with Crippen LogP contribution in [0.4, 0.5) is 0 Å². The van der Waals surface area contributed by atoms with E-state index in [0.29, 0.717) is 6.61 Å². The second-order valence-electron chi connectivity index (χ2n) is 1.49. The summed E-state index contributed by atoms with van der Waals surface area (Å²) < 4.78 is 4.88. The second-order valence-corrected chi connectivity index (χ2v) is 3.14. The molecule has 0 aliphatic carbocycles. The van der Waals surface area contributed by atoms with Gasteiger partial charge in [-0.15, -0.1) is 0 Å². The van der Waals surface area contributed by atoms with Crippen LogP contribution < -0.4 is 5.73 Å². The van der Waals surface area contributed by atoms with Crippen molar-refractivity contribution in [2.45, 2.75) is 6.92 Å². The molecule has 11 heavy (non-hydrogen) atoms. The van der Waals surface area contributed by atoms with E-state index in [9.17, 15) is 4.79 Å². The standard InChI is InChI=1S/C6H9NO2S2/c1-2-9-5(8)3-4-11-6(7)10/h3-4H,2H2,1H3,(H2,7,10)/b4-3+. The van der Waals surface area contributed by atoms with Gasteiger partial charge in [-0.2, -0.15) is 0 Å². The van der Waals surface area contributed by atoms with Crippen molar-refractivity contribution < 1.29 is 9.53 Å². The molecule has 0 radical (unpaired) electrons. The molecule has 0 aliphatic heterocycles. The molecule has 0 aliphatic rings. The topological polar surface area (TPSA) is 52.3 Å². The van der Waals surface area contributed by atoms with Crippen LogP contribution >= 0.6 is 24.0 Å². The average molecular weight is 191 g/mol. The molecule has 0 saturated heterocycles. The van der Waals surface area contributed by atoms with E-state index in [1.165, 1.54) is 11.5 Å². The van der Waals surface area contributed by atoms with Crippen LogP contribution in [0.5, 0.6) is 0 Å². The van der Waals surface area contributed by atoms with E-state index >= 15 is 0 Å². The normalized spacial score (nSPS) is 9.91. The minimum atomic E-state index is -0.378. The predicted molar refractivity (Wildman–Crippen MR) is 50.1 cm³/mol. The first-order chi connectivity index (χ1) is 5.16. The number of carbonyl (C=O) groups excluding carboxylic acids is 1. The summed E-state index contributed by atoms with van der Waals surface area (Å²) >= 11 is 5.66. The van der Waals surface area contributed by atoms with Gasteiger partial charge in [0.25, 0.3) is 0 Å². The third-order valence-electron chi connectivity index (χ3n) is 0.675. The number of esters is 1. The lowest BCUT2D eigenvalue weighted by Crippen LogP contribution is -2.01. The molecule has 0 aromatic rings. The highest BCUT2D eigenvalue weighted by Crippen LogP contribution is 2.00. The lowest BCUT2D eigenvalue weighted by Gasteiger charge is -1.93. The Kier molecular flexibility index (Phi) is 5.87. The molecule has 62 valence electrons. The molecule has 0 saturated carbocycles. The van der Waals surface area contributed by atoms with Gasteiger partial charge in [0.1, 0.15) is 4.32 Å². The quantitative estimate of drug-likeness (QED) is 0.410. The molecular formula is C6H9NO2S2. The minimum absolute atomic E-state index is 0.283. The van der Waals surface area contributed by atoms with Crippen molar-refractivity contribution in [2.24, 2.45) is 5.73 Å². The molecule has 0 atom stereocenters. The van der Waals surface area contributed by atoms with Gasteiger partial charge in [-0.05, 0) is 12.3 Å². The fraction of sp³-hybridized carbons (Fsp3) is 0.333. The van der Waals surface area contributed by atoms with Crippen molar-refractivity contribution in [3.05, 3.63) is 11.5 Å². The molecule has 0 aromatic heterocycles. The summed E-state index contributed by atoms with van der Waals surface area (Å²) in [6.07, 6.45) is 1.29. The Balaban J connectivity index is 3.56. The van der Waals surface area contributed by atoms with Crippen LogP contribution in [-0.4, -0.2) is 16.9 Å². The van der Waals surface area contributed by atoms with E-state index in [0.717, 1.165) is 11.8 Å². The van der Waals surface area contributed by atoms with Crippen molar-refractivity contribution in [3.63, 3.8) is 0 Å². The highest BCUT2D eigenvalue weighted by Gasteiger charge is 1.92. The maximum atomic E-state index is 10.6. The SMILES string of the molecule is CCOC(=O)/C=C/SC(N)=S. The van der Waals surface area contributed by atoms with Crippen LogP contribution in [0.15, 0.2) is 11.5 Å². The molecule has 0 rings (SSSR count). The van der Waals surface area contributed by atoms with Crippen molar-refractivity contribution in [2.75, 3.05) is 6.61 Å². The zero-order valence-electron chi connectivity index (χ0n) is 6.07. The molecule has 5 heteroatoms. The monoisotopic (exact) mass is 191 g/mol. The van der Waals surface area contributed by atoms with E-state index in [1.807, 2.05) is 0 Å². The Labute approximate surface area is 75.0 Å². The van der Waals surface area contributed by atoms with Gasteiger partial charge in [-0.25, -0.2) is 4.79 Å². The van der Waals surface area contributed by atoms with Crippen molar-refractivity contribution >= 4 is 34.3 Å². The van der Waals surface area contributed by atoms with Crippen LogP contribution in [0, 0.1) is 0 Å². The number of carbonyl (C=O) groups is 1. The molecular weight excluding hydrogens is 182 g/mol. The molecule has 0 aromatic carbocycles. The largest absolute Gasteiger partial charge is 0.463 e. The maximum absolute atomic E-state index is 10.6. The van der Waals surface area contributed by atoms with Gasteiger partial charge in [0.2, 0.25) is 0 Å². The van der Waals surface area contributed by atoms with E-state index in [1.54, 1.807) is 6.92 Å². The molecule has 0 amide bonds. The Morgan fingerprint density at radius 3 is 2.91 bits per heavy atom. The lowest BCUT2D eigenvalue weighted by molar-refractivity contribution is -0.137. The Bertz CT molecular complexity index is 179. The van der Waals surface area contributed by atoms with Crippen LogP contribution in [-0.2, 0) is 9.53 Å². The molecule has 0 spiro atoms. The van der Waals surface area contributed by atoms with Crippen molar-refractivity contribution in [1.29, 1.82) is 0 Å². The fourth-order valence-corrected chi connectivity index (χ4v) is 0.827. The van der Waals surface area contributed by atoms with Crippen molar-refractivity contribution in [3.8, 4) is 0 Å². The first-order valence-corrected chi connectivity index (χ1v) is 4.25. The zero-order valence-corrected chi connectivity index (χ0v) is 7.71. The summed E-state index contributed by atoms with van der Waals surface area (Å²) in [6, 6.07) is 0. The van der Waals surface area contributed by atoms with Gasteiger partial charge < -0.3 is 10.5 Å². The summed E-state index contributed by atoms with van der Waals surface area (Å²) in [5.74, 6) is -0.378. The van der Waals surface area contributed by atoms with E-state index in [4.69, 9.17) is 5.73 Å². The highest BCUT2D eigenvalue weighted by molar-refractivity contribution is 8.24. The molecule has 2 N–H and O–H groups in total. The maximum Gasteiger partial charge on any atom is 0.331 e. The van der Waals surface area contributed by atoms with Gasteiger partial charge in [-0.1, -0.05) is 24.0 Å². The third-order valence-corrected chi connectivity index (χ3v) is 1.47. The Morgan fingerprint density at radius 2 is 2.45 bits per heavy atom. The molecule has 0 bridgehead atoms. The lowest BCUT2D eigenvalue weighted by atomic mass is 10.6. The van der Waals surface area contributed by atoms with Gasteiger partial charge in [0.15, 0.2) is 0 Å². The first-order valence-electron chi connectivity index (χ1n) is 2.96. The number of thioether (sulfide) groups is 1. The van der Waals surface area contributed by atoms with Crippen LogP contribution in [0.3, 0.4) is 0 Å². The van der Waals surface area contributed by atoms with Crippen LogP contribution in [0.25, 0.3) is 0 Å². The average Bonchev–Trinajstić information content (AvgIpc) is 1.87. The third kappa shape index (κ3) is 7.35. The second kappa shape index (κ2) is 6.18. The van der Waals surface area contributed by atoms with E-state index in [-0.39, 0.29) is 10.3 Å². The number of hydrogen-bond acceptors (Lipinski definition) is 4. The van der Waals surface area contributed by atoms with Gasteiger partial charge in [0.05, 0.1) is 6.61 Å². The van der Waals surface area contributed by atoms with Gasteiger partial charge in [-0.3, -0.25) is 0 Å². The van der Waals surface area contributed by atoms with Crippen LogP contribution in [0.1, 0.15) is 6.92 Å². The molecule has 0 heterocycles. The van der Waals surface area contributed by atoms with Crippen molar-refractivity contribution in [1.82, 2.24) is 0 Å². The fourth-order valence-electron chi connectivity index (χ4n) is 0.347. The number of thiocarbonyl (C=S) groups is 1.